The van der Waals surface area contributed by atoms with Crippen molar-refractivity contribution >= 4 is 59.7 Å². The number of ether oxygens (including phenoxy) is 13. The van der Waals surface area contributed by atoms with E-state index in [1.807, 2.05) is 0 Å². The van der Waals surface area contributed by atoms with Crippen molar-refractivity contribution in [2.24, 2.45) is 129 Å². The highest BCUT2D eigenvalue weighted by atomic mass is 16.6. The van der Waals surface area contributed by atoms with E-state index in [9.17, 15) is 47.9 Å². The minimum atomic E-state index is -0.448. The molecule has 0 amide bonds. The second-order valence-corrected chi connectivity index (χ2v) is 32.6. The van der Waals surface area contributed by atoms with Gasteiger partial charge in [0.15, 0.2) is 0 Å². The van der Waals surface area contributed by atoms with Crippen LogP contribution in [0.5, 0.6) is 0 Å². The summed E-state index contributed by atoms with van der Waals surface area (Å²) in [4.78, 5) is 113. The Morgan fingerprint density at radius 3 is 1.63 bits per heavy atom. The lowest BCUT2D eigenvalue weighted by molar-refractivity contribution is -0.153. The van der Waals surface area contributed by atoms with Crippen LogP contribution in [0.25, 0.3) is 0 Å². The molecule has 24 rings (SSSR count). The fraction of sp³-hybridized carbons (Fsp3) is 0.855. The van der Waals surface area contributed by atoms with Gasteiger partial charge in [-0.05, 0) is 138 Å². The van der Waals surface area contributed by atoms with Gasteiger partial charge in [0.05, 0.1) is 85.3 Å². The first-order chi connectivity index (χ1) is 44.0. The van der Waals surface area contributed by atoms with Crippen molar-refractivity contribution in [1.82, 2.24) is 0 Å². The Bertz CT molecular complexity index is 3000. The zero-order valence-electron chi connectivity index (χ0n) is 53.0. The van der Waals surface area contributed by atoms with Crippen LogP contribution in [-0.2, 0) is 110 Å². The fourth-order valence-electron chi connectivity index (χ4n) is 23.8. The summed E-state index contributed by atoms with van der Waals surface area (Å²) >= 11 is 0. The number of hydrogen-bond acceptors (Lipinski definition) is 23. The second-order valence-electron chi connectivity index (χ2n) is 32.6. The maximum Gasteiger partial charge on any atom is 0.313 e. The van der Waals surface area contributed by atoms with E-state index in [4.69, 9.17) is 56.8 Å². The third kappa shape index (κ3) is 9.12. The van der Waals surface area contributed by atoms with Gasteiger partial charge in [-0.2, -0.15) is 0 Å². The van der Waals surface area contributed by atoms with E-state index in [-0.39, 0.29) is 149 Å². The van der Waals surface area contributed by atoms with Gasteiger partial charge < -0.3 is 61.6 Å². The highest BCUT2D eigenvalue weighted by molar-refractivity contribution is 5.87. The molecule has 0 N–H and O–H groups in total. The van der Waals surface area contributed by atoms with Crippen LogP contribution >= 0.6 is 0 Å². The van der Waals surface area contributed by atoms with Crippen molar-refractivity contribution in [2.75, 3.05) is 14.2 Å². The van der Waals surface area contributed by atoms with Crippen LogP contribution in [0.1, 0.15) is 137 Å². The predicted molar refractivity (Wildman–Crippen MR) is 305 cm³/mol. The average Bonchev–Trinajstić information content (AvgIpc) is 1.59. The second kappa shape index (κ2) is 21.5. The quantitative estimate of drug-likeness (QED) is 0.256. The Hall–Kier alpha value is -5.42. The standard InChI is InChI=1S/C10H12O4.C9H10O5.3C9H12O2.C8H10O3.C8H10O2.C7H8O3/c1-13-9(11)7-4-2-5-6(3-4)14-10(12)8(5)7;1-12-8(10)5-3-2-4-7(13-3)6(5)9(11)14-4;1-9-2-5-6(3-9)8(10)11-7(5)4-9;1-9-4-5-2-6(9)7(3-5)11-8(9)10;1-4-5-2-6-7(3-5)9(10)11-8(4)6;1-3-5-2-4-7(10-5)6(3)11-8(4)9;9-8-6-2-4-1-5(6)7(3-4)10-8;8-7-4-1-3-2-5(10-7)6(4)9-3/h4-8H,2-3H2,1H3;3-7H,2H2,1H3;2*5-7H,2-4H2,1H3;4-8H,2-3H2,1H3;3-7H,2H2,1H3;4-7H,1-3H2;3-6H,1-2H2. The molecule has 10 aliphatic carbocycles. The lowest BCUT2D eigenvalue weighted by atomic mass is 9.76. The summed E-state index contributed by atoms with van der Waals surface area (Å²) in [5.74, 6) is 5.37. The van der Waals surface area contributed by atoms with Gasteiger partial charge >= 0.3 is 59.7 Å². The fourth-order valence-corrected chi connectivity index (χ4v) is 23.8. The summed E-state index contributed by atoms with van der Waals surface area (Å²) in [7, 11) is 2.71. The van der Waals surface area contributed by atoms with Gasteiger partial charge in [-0.25, -0.2) is 0 Å². The van der Waals surface area contributed by atoms with Gasteiger partial charge in [0, 0.05) is 48.3 Å². The van der Waals surface area contributed by atoms with Gasteiger partial charge in [0.25, 0.3) is 0 Å². The first-order valence-electron chi connectivity index (χ1n) is 34.8. The number of carbonyl (C=O) groups is 10. The molecule has 24 fully saturated rings. The summed E-state index contributed by atoms with van der Waals surface area (Å²) in [6.45, 7) is 8.70. The van der Waals surface area contributed by atoms with Crippen LogP contribution in [0, 0.1) is 129 Å². The van der Waals surface area contributed by atoms with Gasteiger partial charge in [0.1, 0.15) is 73.1 Å². The van der Waals surface area contributed by atoms with Crippen molar-refractivity contribution in [3.05, 3.63) is 0 Å². The molecular weight excluding hydrogens is 1200 g/mol. The van der Waals surface area contributed by atoms with E-state index in [0.29, 0.717) is 102 Å². The molecule has 92 heavy (non-hydrogen) atoms. The number of carbonyl (C=O) groups excluding carboxylic acids is 10. The van der Waals surface area contributed by atoms with Gasteiger partial charge in [0.2, 0.25) is 0 Å². The van der Waals surface area contributed by atoms with Crippen LogP contribution in [0.3, 0.4) is 0 Å². The average molecular weight is 1280 g/mol. The lowest BCUT2D eigenvalue weighted by Crippen LogP contribution is -2.36. The Kier molecular flexibility index (Phi) is 14.1. The molecule has 36 atom stereocenters. The van der Waals surface area contributed by atoms with Crippen molar-refractivity contribution in [3.63, 3.8) is 0 Å². The Morgan fingerprint density at radius 2 is 1.00 bits per heavy atom. The molecule has 0 aromatic carbocycles. The minimum absolute atomic E-state index is 0.0324. The maximum atomic E-state index is 11.5. The molecule has 0 aromatic heterocycles. The Labute approximate surface area is 533 Å². The highest BCUT2D eigenvalue weighted by Crippen LogP contribution is 2.64. The van der Waals surface area contributed by atoms with Crippen LogP contribution in [0.4, 0.5) is 0 Å². The molecule has 0 aromatic rings. The summed E-state index contributed by atoms with van der Waals surface area (Å²) in [5.41, 5.74) is 0.375. The van der Waals surface area contributed by atoms with E-state index in [1.54, 1.807) is 0 Å². The molecule has 10 saturated carbocycles. The molecule has 23 nitrogen and oxygen atoms in total. The minimum Gasteiger partial charge on any atom is -0.469 e. The van der Waals surface area contributed by atoms with Crippen molar-refractivity contribution < 1.29 is 110 Å². The molecule has 500 valence electrons. The molecule has 14 heterocycles. The van der Waals surface area contributed by atoms with Crippen LogP contribution in [-0.4, -0.2) is 159 Å². The van der Waals surface area contributed by atoms with Crippen LogP contribution < -0.4 is 0 Å². The summed E-state index contributed by atoms with van der Waals surface area (Å²) in [5, 5.41) is 0. The summed E-state index contributed by atoms with van der Waals surface area (Å²) in [6, 6.07) is 0. The van der Waals surface area contributed by atoms with Gasteiger partial charge in [-0.15, -0.1) is 0 Å². The molecule has 0 radical (unpaired) electrons. The maximum absolute atomic E-state index is 11.5. The van der Waals surface area contributed by atoms with E-state index in [1.165, 1.54) is 39.9 Å². The predicted octanol–water partition coefficient (Wildman–Crippen LogP) is 5.13. The topological polar surface area (TPSA) is 291 Å². The molecule has 14 aliphatic heterocycles. The Balaban J connectivity index is 0.0000000807. The lowest BCUT2D eigenvalue weighted by Gasteiger charge is -2.22. The van der Waals surface area contributed by atoms with Crippen molar-refractivity contribution in [2.45, 2.75) is 222 Å². The first-order valence-corrected chi connectivity index (χ1v) is 34.8. The number of hydrogen-bond donors (Lipinski definition) is 0. The Morgan fingerprint density at radius 1 is 0.380 bits per heavy atom. The normalized spacial score (nSPS) is 54.8. The SMILES string of the molecule is CC12CC3CC(OC1=O)C2C3.CC12CC3OC(=O)C(C1)C3C2.CC1C2CC3C(=O)OC1C3C2.CC1C2CC3C(=O)OC1C3O2.COC(=O)C1C2CC3OC(=O)C1C3C2.COC(=O)C1C2CC3OC(=O)C1C3O2.O=C1OC2CC3CC1C2C3.O=C1OC2CC3CC1C2O3. The number of esters is 10. The third-order valence-corrected chi connectivity index (χ3v) is 27.9. The largest absolute Gasteiger partial charge is 0.469 e. The first kappa shape index (κ1) is 60.3. The highest BCUT2D eigenvalue weighted by Gasteiger charge is 2.69. The molecule has 16 bridgehead atoms. The van der Waals surface area contributed by atoms with Gasteiger partial charge in [-0.1, -0.05) is 20.8 Å². The molecule has 0 spiro atoms. The van der Waals surface area contributed by atoms with Gasteiger partial charge in [-0.3, -0.25) is 47.9 Å². The van der Waals surface area contributed by atoms with E-state index in [2.05, 4.69) is 32.4 Å². The number of methoxy groups -OCH3 is 2. The molecule has 36 unspecified atom stereocenters. The molecule has 23 heteroatoms. The summed E-state index contributed by atoms with van der Waals surface area (Å²) in [6.07, 6.45) is 19.8. The monoisotopic (exact) mass is 1280 g/mol. The van der Waals surface area contributed by atoms with Crippen LogP contribution in [0.15, 0.2) is 0 Å². The zero-order chi connectivity index (χ0) is 63.6. The molecule has 24 aliphatic rings. The summed E-state index contributed by atoms with van der Waals surface area (Å²) < 4.78 is 67.7. The third-order valence-electron chi connectivity index (χ3n) is 27.9. The van der Waals surface area contributed by atoms with E-state index in [0.717, 1.165) is 94.8 Å². The van der Waals surface area contributed by atoms with Crippen molar-refractivity contribution in [1.29, 1.82) is 0 Å². The van der Waals surface area contributed by atoms with E-state index < -0.39 is 11.8 Å². The number of fused-ring (bicyclic) bond motifs is 8. The van der Waals surface area contributed by atoms with Crippen molar-refractivity contribution in [3.8, 4) is 0 Å². The van der Waals surface area contributed by atoms with Crippen LogP contribution in [0.2, 0.25) is 0 Å². The zero-order valence-corrected chi connectivity index (χ0v) is 53.0. The van der Waals surface area contributed by atoms with E-state index >= 15 is 0 Å². The molecular formula is C69H86O23. The molecule has 14 saturated heterocycles. The smallest absolute Gasteiger partial charge is 0.313 e. The number of rotatable bonds is 2.